The average molecular weight is 283 g/mol. The highest BCUT2D eigenvalue weighted by Gasteiger charge is 2.33. The second kappa shape index (κ2) is 7.10. The number of carbonyl (C=O) groups excluding carboxylic acids is 1. The van der Waals surface area contributed by atoms with Crippen molar-refractivity contribution in [1.82, 2.24) is 5.32 Å². The average Bonchev–Trinajstić information content (AvgIpc) is 2.42. The predicted octanol–water partition coefficient (Wildman–Crippen LogP) is -0.189. The zero-order chi connectivity index (χ0) is 15.1. The molecule has 0 aliphatic heterocycles. The van der Waals surface area contributed by atoms with Gasteiger partial charge in [-0.15, -0.1) is 0 Å². The number of hydrogen-bond donors (Lipinski definition) is 4. The maximum atomic E-state index is 11.4. The number of hydrogen-bond acceptors (Lipinski definition) is 5. The number of aliphatic carboxylic acids is 2. The molecular weight excluding hydrogens is 270 g/mol. The summed E-state index contributed by atoms with van der Waals surface area (Å²) in [6, 6.07) is 6.61. The Morgan fingerprint density at radius 3 is 2.20 bits per heavy atom. The number of aliphatic hydroxyl groups excluding tert-OH is 1. The van der Waals surface area contributed by atoms with Gasteiger partial charge < -0.3 is 25.4 Å². The SMILES string of the molecule is O=C(NC(C(=O)O)C(O)C(=O)O)OCc1ccccc1. The number of aliphatic hydroxyl groups is 1. The maximum absolute atomic E-state index is 11.4. The lowest BCUT2D eigenvalue weighted by molar-refractivity contribution is -0.155. The Morgan fingerprint density at radius 1 is 1.10 bits per heavy atom. The number of benzene rings is 1. The lowest BCUT2D eigenvalue weighted by Crippen LogP contribution is -2.51. The Hall–Kier alpha value is -2.61. The molecule has 0 aromatic heterocycles. The van der Waals surface area contributed by atoms with Crippen LogP contribution in [0.25, 0.3) is 0 Å². The van der Waals surface area contributed by atoms with E-state index >= 15 is 0 Å². The minimum absolute atomic E-state index is 0.109. The monoisotopic (exact) mass is 283 g/mol. The van der Waals surface area contributed by atoms with Crippen LogP contribution in [0, 0.1) is 0 Å². The van der Waals surface area contributed by atoms with Gasteiger partial charge in [0.2, 0.25) is 0 Å². The van der Waals surface area contributed by atoms with Crippen molar-refractivity contribution >= 4 is 18.0 Å². The lowest BCUT2D eigenvalue weighted by Gasteiger charge is -2.17. The quantitative estimate of drug-likeness (QED) is 0.568. The van der Waals surface area contributed by atoms with E-state index in [0.717, 1.165) is 0 Å². The van der Waals surface area contributed by atoms with Gasteiger partial charge in [-0.1, -0.05) is 30.3 Å². The van der Waals surface area contributed by atoms with Crippen molar-refractivity contribution in [1.29, 1.82) is 0 Å². The molecule has 1 aromatic carbocycles. The molecule has 0 aliphatic rings. The Kier molecular flexibility index (Phi) is 5.48. The van der Waals surface area contributed by atoms with Crippen molar-refractivity contribution in [2.24, 2.45) is 0 Å². The van der Waals surface area contributed by atoms with Crippen molar-refractivity contribution in [2.45, 2.75) is 18.8 Å². The zero-order valence-electron chi connectivity index (χ0n) is 10.2. The molecule has 0 spiro atoms. The molecule has 8 heteroatoms. The van der Waals surface area contributed by atoms with E-state index in [9.17, 15) is 14.4 Å². The van der Waals surface area contributed by atoms with Crippen LogP contribution in [-0.2, 0) is 20.9 Å². The van der Waals surface area contributed by atoms with Crippen LogP contribution < -0.4 is 5.32 Å². The summed E-state index contributed by atoms with van der Waals surface area (Å²) in [4.78, 5) is 32.6. The van der Waals surface area contributed by atoms with Crippen LogP contribution in [0.1, 0.15) is 5.56 Å². The summed E-state index contributed by atoms with van der Waals surface area (Å²) < 4.78 is 4.72. The fourth-order valence-corrected chi connectivity index (χ4v) is 1.31. The molecule has 1 rings (SSSR count). The molecule has 0 heterocycles. The normalized spacial score (nSPS) is 13.1. The molecule has 108 valence electrons. The molecule has 4 N–H and O–H groups in total. The molecule has 0 saturated heterocycles. The highest BCUT2D eigenvalue weighted by Crippen LogP contribution is 2.02. The van der Waals surface area contributed by atoms with E-state index in [1.54, 1.807) is 35.6 Å². The standard InChI is InChI=1S/C12H13NO7/c14-9(11(17)18)8(10(15)16)13-12(19)20-6-7-4-2-1-3-5-7/h1-5,8-9,14H,6H2,(H,13,19)(H,15,16)(H,17,18). The summed E-state index contributed by atoms with van der Waals surface area (Å²) in [5.74, 6) is -3.45. The molecule has 1 aromatic rings. The van der Waals surface area contributed by atoms with Crippen molar-refractivity contribution < 1.29 is 34.4 Å². The molecule has 2 atom stereocenters. The van der Waals surface area contributed by atoms with Gasteiger partial charge in [0.25, 0.3) is 0 Å². The van der Waals surface area contributed by atoms with Crippen LogP contribution in [0.4, 0.5) is 4.79 Å². The number of carboxylic acid groups (broad SMARTS) is 2. The second-order valence-corrected chi connectivity index (χ2v) is 3.81. The number of nitrogens with one attached hydrogen (secondary N) is 1. The number of amides is 1. The largest absolute Gasteiger partial charge is 0.480 e. The van der Waals surface area contributed by atoms with Gasteiger partial charge in [0.05, 0.1) is 0 Å². The van der Waals surface area contributed by atoms with Crippen LogP contribution in [0.2, 0.25) is 0 Å². The number of carboxylic acids is 2. The molecule has 20 heavy (non-hydrogen) atoms. The van der Waals surface area contributed by atoms with E-state index in [2.05, 4.69) is 0 Å². The fraction of sp³-hybridized carbons (Fsp3) is 0.250. The Morgan fingerprint density at radius 2 is 1.70 bits per heavy atom. The summed E-state index contributed by atoms with van der Waals surface area (Å²) in [6.45, 7) is -0.109. The Balaban J connectivity index is 2.54. The fourth-order valence-electron chi connectivity index (χ4n) is 1.31. The highest BCUT2D eigenvalue weighted by atomic mass is 16.5. The van der Waals surface area contributed by atoms with E-state index in [1.165, 1.54) is 0 Å². The molecule has 0 saturated carbocycles. The van der Waals surface area contributed by atoms with Gasteiger partial charge in [-0.25, -0.2) is 14.4 Å². The number of rotatable bonds is 6. The van der Waals surface area contributed by atoms with Crippen LogP contribution in [0.5, 0.6) is 0 Å². The third-order valence-corrected chi connectivity index (χ3v) is 2.32. The molecule has 2 unspecified atom stereocenters. The van der Waals surface area contributed by atoms with E-state index in [-0.39, 0.29) is 6.61 Å². The summed E-state index contributed by atoms with van der Waals surface area (Å²) in [7, 11) is 0. The summed E-state index contributed by atoms with van der Waals surface area (Å²) in [5, 5.41) is 28.2. The van der Waals surface area contributed by atoms with Crippen molar-refractivity contribution in [3.63, 3.8) is 0 Å². The molecule has 8 nitrogen and oxygen atoms in total. The third kappa shape index (κ3) is 4.58. The summed E-state index contributed by atoms with van der Waals surface area (Å²) >= 11 is 0. The molecule has 0 bridgehead atoms. The lowest BCUT2D eigenvalue weighted by atomic mass is 10.1. The van der Waals surface area contributed by atoms with Gasteiger partial charge in [0, 0.05) is 0 Å². The zero-order valence-corrected chi connectivity index (χ0v) is 10.2. The number of carbonyl (C=O) groups is 3. The minimum atomic E-state index is -2.27. The molecule has 0 radical (unpaired) electrons. The van der Waals surface area contributed by atoms with Crippen molar-refractivity contribution in [3.8, 4) is 0 Å². The molecule has 0 fully saturated rings. The van der Waals surface area contributed by atoms with Crippen molar-refractivity contribution in [3.05, 3.63) is 35.9 Å². The predicted molar refractivity (Wildman–Crippen MR) is 64.8 cm³/mol. The van der Waals surface area contributed by atoms with Gasteiger partial charge in [0.1, 0.15) is 6.61 Å². The Bertz CT molecular complexity index is 488. The van der Waals surface area contributed by atoms with E-state index in [0.29, 0.717) is 5.56 Å². The third-order valence-electron chi connectivity index (χ3n) is 2.32. The Labute approximate surface area is 113 Å². The first-order valence-corrected chi connectivity index (χ1v) is 5.52. The number of alkyl carbamates (subject to hydrolysis) is 1. The van der Waals surface area contributed by atoms with Gasteiger partial charge >= 0.3 is 18.0 Å². The first kappa shape index (κ1) is 15.4. The van der Waals surface area contributed by atoms with E-state index < -0.39 is 30.2 Å². The summed E-state index contributed by atoms with van der Waals surface area (Å²) in [6.07, 6.45) is -3.40. The number of ether oxygens (including phenoxy) is 1. The maximum Gasteiger partial charge on any atom is 0.408 e. The highest BCUT2D eigenvalue weighted by molar-refractivity contribution is 5.87. The van der Waals surface area contributed by atoms with Crippen LogP contribution in [0.15, 0.2) is 30.3 Å². The van der Waals surface area contributed by atoms with Gasteiger partial charge in [-0.05, 0) is 5.56 Å². The first-order chi connectivity index (χ1) is 9.41. The van der Waals surface area contributed by atoms with E-state index in [1.807, 2.05) is 0 Å². The van der Waals surface area contributed by atoms with Crippen molar-refractivity contribution in [2.75, 3.05) is 0 Å². The molecule has 1 amide bonds. The van der Waals surface area contributed by atoms with Crippen LogP contribution >= 0.6 is 0 Å². The first-order valence-electron chi connectivity index (χ1n) is 5.52. The van der Waals surface area contributed by atoms with Crippen LogP contribution in [0.3, 0.4) is 0 Å². The molecule has 0 aliphatic carbocycles. The molecular formula is C12H13NO7. The van der Waals surface area contributed by atoms with Gasteiger partial charge in [-0.2, -0.15) is 0 Å². The van der Waals surface area contributed by atoms with E-state index in [4.69, 9.17) is 20.1 Å². The summed E-state index contributed by atoms with van der Waals surface area (Å²) in [5.41, 5.74) is 0.674. The topological polar surface area (TPSA) is 133 Å². The van der Waals surface area contributed by atoms with Gasteiger partial charge in [-0.3, -0.25) is 0 Å². The second-order valence-electron chi connectivity index (χ2n) is 3.81. The minimum Gasteiger partial charge on any atom is -0.480 e. The van der Waals surface area contributed by atoms with Gasteiger partial charge in [0.15, 0.2) is 12.1 Å². The van der Waals surface area contributed by atoms with Crippen LogP contribution in [-0.4, -0.2) is 45.5 Å². The smallest absolute Gasteiger partial charge is 0.408 e.